The normalized spacial score (nSPS) is 30.1. The van der Waals surface area contributed by atoms with Gasteiger partial charge in [-0.2, -0.15) is 0 Å². The molecule has 0 radical (unpaired) electrons. The summed E-state index contributed by atoms with van der Waals surface area (Å²) in [7, 11) is 0. The van der Waals surface area contributed by atoms with Gasteiger partial charge in [-0.1, -0.05) is 29.8 Å². The number of hydrogen-bond acceptors (Lipinski definition) is 6. The van der Waals surface area contributed by atoms with E-state index in [1.807, 2.05) is 30.0 Å². The molecule has 3 saturated heterocycles. The van der Waals surface area contributed by atoms with Crippen LogP contribution in [0, 0.1) is 28.9 Å². The summed E-state index contributed by atoms with van der Waals surface area (Å²) < 4.78 is 0. The number of halogens is 1. The number of benzene rings is 2. The Morgan fingerprint density at radius 1 is 1.18 bits per heavy atom. The molecule has 4 atom stereocenters. The van der Waals surface area contributed by atoms with Gasteiger partial charge in [0, 0.05) is 23.4 Å². The van der Waals surface area contributed by atoms with Crippen molar-refractivity contribution in [1.82, 2.24) is 4.90 Å². The highest BCUT2D eigenvalue weighted by Gasteiger charge is 2.74. The van der Waals surface area contributed by atoms with E-state index in [-0.39, 0.29) is 28.3 Å². The molecule has 1 spiro atoms. The first-order valence-electron chi connectivity index (χ1n) is 10.8. The molecule has 0 aliphatic carbocycles. The molecule has 3 amide bonds. The van der Waals surface area contributed by atoms with Crippen LogP contribution in [-0.2, 0) is 19.9 Å². The van der Waals surface area contributed by atoms with E-state index in [0.29, 0.717) is 18.7 Å². The molecular formula is C23H19ClN4O5. The van der Waals surface area contributed by atoms with Crippen molar-refractivity contribution in [2.75, 3.05) is 16.8 Å². The SMILES string of the molecule is Cc1cccc2c1NC(=O)[C@@]21[C@@H]2C(=O)N(c3ccc(Cl)c([N+](=O)[O-])c3)C(=O)[C@H]2[C@@H]2CCCN21. The molecule has 3 fully saturated rings. The highest BCUT2D eigenvalue weighted by Crippen LogP contribution is 2.61. The number of hydrogen-bond donors (Lipinski definition) is 1. The summed E-state index contributed by atoms with van der Waals surface area (Å²) in [6.45, 7) is 2.51. The highest BCUT2D eigenvalue weighted by molar-refractivity contribution is 6.33. The van der Waals surface area contributed by atoms with Crippen molar-refractivity contribution in [2.24, 2.45) is 11.8 Å². The third-order valence-corrected chi connectivity index (χ3v) is 7.94. The summed E-state index contributed by atoms with van der Waals surface area (Å²) >= 11 is 5.94. The zero-order valence-electron chi connectivity index (χ0n) is 17.6. The summed E-state index contributed by atoms with van der Waals surface area (Å²) in [5.74, 6) is -2.85. The molecule has 4 aliphatic rings. The molecule has 4 heterocycles. The van der Waals surface area contributed by atoms with Gasteiger partial charge in [-0.3, -0.25) is 29.4 Å². The lowest BCUT2D eigenvalue weighted by molar-refractivity contribution is -0.384. The van der Waals surface area contributed by atoms with E-state index < -0.39 is 34.1 Å². The third-order valence-electron chi connectivity index (χ3n) is 7.62. The summed E-state index contributed by atoms with van der Waals surface area (Å²) in [6, 6.07) is 9.23. The van der Waals surface area contributed by atoms with E-state index in [9.17, 15) is 24.5 Å². The molecule has 33 heavy (non-hydrogen) atoms. The molecule has 9 nitrogen and oxygen atoms in total. The molecule has 0 bridgehead atoms. The van der Waals surface area contributed by atoms with Gasteiger partial charge < -0.3 is 5.32 Å². The number of rotatable bonds is 2. The lowest BCUT2D eigenvalue weighted by atomic mass is 9.75. The average Bonchev–Trinajstić information content (AvgIpc) is 3.48. The number of amides is 3. The van der Waals surface area contributed by atoms with Gasteiger partial charge in [0.1, 0.15) is 10.6 Å². The minimum atomic E-state index is -1.27. The topological polar surface area (TPSA) is 113 Å². The first-order valence-corrected chi connectivity index (χ1v) is 11.2. The fourth-order valence-corrected chi connectivity index (χ4v) is 6.60. The van der Waals surface area contributed by atoms with E-state index in [4.69, 9.17) is 11.6 Å². The summed E-state index contributed by atoms with van der Waals surface area (Å²) in [5, 5.41) is 14.3. The maximum absolute atomic E-state index is 13.9. The van der Waals surface area contributed by atoms with Gasteiger partial charge >= 0.3 is 0 Å². The van der Waals surface area contributed by atoms with Crippen molar-refractivity contribution in [3.63, 3.8) is 0 Å². The monoisotopic (exact) mass is 466 g/mol. The maximum Gasteiger partial charge on any atom is 0.289 e. The first kappa shape index (κ1) is 20.3. The Morgan fingerprint density at radius 3 is 2.73 bits per heavy atom. The molecule has 1 N–H and O–H groups in total. The average molecular weight is 467 g/mol. The molecule has 0 unspecified atom stereocenters. The van der Waals surface area contributed by atoms with Crippen LogP contribution >= 0.6 is 11.6 Å². The number of carbonyl (C=O) groups is 3. The predicted molar refractivity (Wildman–Crippen MR) is 119 cm³/mol. The number of nitrogens with zero attached hydrogens (tertiary/aromatic N) is 3. The fourth-order valence-electron chi connectivity index (χ4n) is 6.41. The Kier molecular flexibility index (Phi) is 4.07. The largest absolute Gasteiger partial charge is 0.324 e. The summed E-state index contributed by atoms with van der Waals surface area (Å²) in [4.78, 5) is 55.0. The van der Waals surface area contributed by atoms with Crippen LogP contribution in [-0.4, -0.2) is 40.1 Å². The first-order chi connectivity index (χ1) is 15.8. The second-order valence-corrected chi connectivity index (χ2v) is 9.44. The smallest absolute Gasteiger partial charge is 0.289 e. The Labute approximate surface area is 193 Å². The van der Waals surface area contributed by atoms with Crippen molar-refractivity contribution in [3.05, 3.63) is 62.7 Å². The van der Waals surface area contributed by atoms with Crippen LogP contribution in [0.1, 0.15) is 24.0 Å². The van der Waals surface area contributed by atoms with Crippen LogP contribution in [0.25, 0.3) is 0 Å². The molecule has 6 rings (SSSR count). The predicted octanol–water partition coefficient (Wildman–Crippen LogP) is 2.99. The van der Waals surface area contributed by atoms with Crippen LogP contribution in [0.2, 0.25) is 5.02 Å². The number of fused-ring (bicyclic) bond motifs is 7. The number of aryl methyl sites for hydroxylation is 1. The van der Waals surface area contributed by atoms with E-state index in [1.165, 1.54) is 12.1 Å². The number of imide groups is 1. The highest BCUT2D eigenvalue weighted by atomic mass is 35.5. The van der Waals surface area contributed by atoms with Gasteiger partial charge in [0.15, 0.2) is 0 Å². The van der Waals surface area contributed by atoms with E-state index in [0.717, 1.165) is 28.5 Å². The fraction of sp³-hybridized carbons (Fsp3) is 0.348. The van der Waals surface area contributed by atoms with Crippen LogP contribution in [0.15, 0.2) is 36.4 Å². The van der Waals surface area contributed by atoms with Crippen molar-refractivity contribution in [1.29, 1.82) is 0 Å². The van der Waals surface area contributed by atoms with E-state index in [2.05, 4.69) is 5.32 Å². The van der Waals surface area contributed by atoms with Crippen LogP contribution in [0.3, 0.4) is 0 Å². The van der Waals surface area contributed by atoms with Crippen LogP contribution in [0.4, 0.5) is 17.1 Å². The number of nitrogens with one attached hydrogen (secondary N) is 1. The summed E-state index contributed by atoms with van der Waals surface area (Å²) in [5.41, 5.74) is 0.736. The number of nitro groups is 1. The van der Waals surface area contributed by atoms with Gasteiger partial charge in [-0.25, -0.2) is 4.90 Å². The Hall–Kier alpha value is -3.30. The second kappa shape index (κ2) is 6.61. The van der Waals surface area contributed by atoms with Crippen molar-refractivity contribution >= 4 is 46.4 Å². The Morgan fingerprint density at radius 2 is 1.97 bits per heavy atom. The lowest BCUT2D eigenvalue weighted by Gasteiger charge is -2.36. The minimum Gasteiger partial charge on any atom is -0.324 e. The molecule has 2 aromatic carbocycles. The number of nitro benzene ring substituents is 1. The number of carbonyl (C=O) groups excluding carboxylic acids is 3. The van der Waals surface area contributed by atoms with Crippen LogP contribution in [0.5, 0.6) is 0 Å². The molecule has 0 aromatic heterocycles. The number of anilines is 2. The Balaban J connectivity index is 1.54. The van der Waals surface area contributed by atoms with Gasteiger partial charge in [0.05, 0.1) is 22.4 Å². The van der Waals surface area contributed by atoms with Crippen molar-refractivity contribution in [3.8, 4) is 0 Å². The van der Waals surface area contributed by atoms with Crippen molar-refractivity contribution < 1.29 is 19.3 Å². The maximum atomic E-state index is 13.9. The molecule has 10 heteroatoms. The van der Waals surface area contributed by atoms with Gasteiger partial charge in [-0.15, -0.1) is 0 Å². The Bertz CT molecular complexity index is 1300. The molecule has 4 aliphatic heterocycles. The number of para-hydroxylation sites is 1. The molecule has 168 valence electrons. The zero-order valence-corrected chi connectivity index (χ0v) is 18.3. The standard InChI is InChI=1S/C23H19ClN4O5/c1-11-4-2-5-13-19(11)25-22(31)23(13)18-17(15-6-3-9-26(15)23)20(29)27(21(18)30)12-7-8-14(24)16(10-12)28(32)33/h2,4-5,7-8,10,15,17-18H,3,6,9H2,1H3,(H,25,31)/t15-,17-,18-,23-/m0/s1. The van der Waals surface area contributed by atoms with Gasteiger partial charge in [0.25, 0.3) is 5.69 Å². The molecule has 0 saturated carbocycles. The quantitative estimate of drug-likeness (QED) is 0.413. The zero-order chi connectivity index (χ0) is 23.2. The lowest BCUT2D eigenvalue weighted by Crippen LogP contribution is -2.54. The van der Waals surface area contributed by atoms with Gasteiger partial charge in [-0.05, 0) is 44.0 Å². The molecular weight excluding hydrogens is 448 g/mol. The summed E-state index contributed by atoms with van der Waals surface area (Å²) in [6.07, 6.45) is 1.52. The van der Waals surface area contributed by atoms with E-state index >= 15 is 0 Å². The van der Waals surface area contributed by atoms with E-state index in [1.54, 1.807) is 0 Å². The second-order valence-electron chi connectivity index (χ2n) is 9.03. The van der Waals surface area contributed by atoms with Crippen molar-refractivity contribution in [2.45, 2.75) is 31.3 Å². The van der Waals surface area contributed by atoms with Crippen LogP contribution < -0.4 is 10.2 Å². The minimum absolute atomic E-state index is 0.0824. The van der Waals surface area contributed by atoms with Gasteiger partial charge in [0.2, 0.25) is 17.7 Å². The third kappa shape index (κ3) is 2.33. The molecule has 2 aromatic rings.